The molecular weight excluding hydrogens is 344 g/mol. The van der Waals surface area contributed by atoms with E-state index in [1.54, 1.807) is 0 Å². The molecule has 2 nitrogen and oxygen atoms in total. The molecule has 0 radical (unpaired) electrons. The zero-order valence-corrected chi connectivity index (χ0v) is 14.5. The van der Waals surface area contributed by atoms with Crippen molar-refractivity contribution in [1.82, 2.24) is 9.78 Å². The van der Waals surface area contributed by atoms with Crippen LogP contribution < -0.4 is 0 Å². The van der Waals surface area contributed by atoms with Crippen LogP contribution in [0.1, 0.15) is 39.1 Å². The number of halogens is 2. The van der Waals surface area contributed by atoms with Gasteiger partial charge in [-0.05, 0) is 40.6 Å². The standard InChI is InChI=1S/C13H22Br2N2/c1-6-11-13(15)12(17(5)16-11)7-10(8(2)3)9(4)14/h8-10H,6-7H2,1-5H3. The highest BCUT2D eigenvalue weighted by Gasteiger charge is 2.23. The van der Waals surface area contributed by atoms with Crippen molar-refractivity contribution in [3.05, 3.63) is 15.9 Å². The van der Waals surface area contributed by atoms with Gasteiger partial charge in [0.2, 0.25) is 0 Å². The van der Waals surface area contributed by atoms with E-state index in [1.807, 2.05) is 11.7 Å². The molecule has 2 atom stereocenters. The minimum absolute atomic E-state index is 0.523. The van der Waals surface area contributed by atoms with E-state index < -0.39 is 0 Å². The van der Waals surface area contributed by atoms with Crippen molar-refractivity contribution in [2.24, 2.45) is 18.9 Å². The lowest BCUT2D eigenvalue weighted by atomic mass is 9.89. The van der Waals surface area contributed by atoms with Crippen LogP contribution in [0, 0.1) is 11.8 Å². The molecule has 0 N–H and O–H groups in total. The first-order chi connectivity index (χ1) is 7.88. The minimum atomic E-state index is 0.523. The van der Waals surface area contributed by atoms with Crippen LogP contribution in [0.15, 0.2) is 4.47 Å². The Bertz CT molecular complexity index is 362. The van der Waals surface area contributed by atoms with Gasteiger partial charge in [-0.2, -0.15) is 5.10 Å². The zero-order valence-electron chi connectivity index (χ0n) is 11.3. The third kappa shape index (κ3) is 3.57. The smallest absolute Gasteiger partial charge is 0.0766 e. The molecule has 2 unspecified atom stereocenters. The van der Waals surface area contributed by atoms with Gasteiger partial charge >= 0.3 is 0 Å². The molecule has 4 heteroatoms. The third-order valence-corrected chi connectivity index (χ3v) is 4.97. The summed E-state index contributed by atoms with van der Waals surface area (Å²) in [5, 5.41) is 4.55. The lowest BCUT2D eigenvalue weighted by molar-refractivity contribution is 0.375. The van der Waals surface area contributed by atoms with Crippen LogP contribution in [0.4, 0.5) is 0 Å². The molecular formula is C13H22Br2N2. The van der Waals surface area contributed by atoms with Gasteiger partial charge in [-0.15, -0.1) is 0 Å². The van der Waals surface area contributed by atoms with Crippen molar-refractivity contribution in [2.45, 2.75) is 45.4 Å². The Morgan fingerprint density at radius 1 is 1.29 bits per heavy atom. The fraction of sp³-hybridized carbons (Fsp3) is 0.769. The summed E-state index contributed by atoms with van der Waals surface area (Å²) in [5.41, 5.74) is 2.47. The number of hydrogen-bond acceptors (Lipinski definition) is 1. The predicted octanol–water partition coefficient (Wildman–Crippen LogP) is 4.34. The second kappa shape index (κ2) is 6.37. The second-order valence-corrected chi connectivity index (χ2v) is 7.21. The van der Waals surface area contributed by atoms with Crippen LogP contribution in [-0.2, 0) is 19.9 Å². The molecule has 1 heterocycles. The topological polar surface area (TPSA) is 17.8 Å². The molecule has 0 spiro atoms. The molecule has 0 aromatic carbocycles. The monoisotopic (exact) mass is 364 g/mol. The first-order valence-electron chi connectivity index (χ1n) is 6.22. The van der Waals surface area contributed by atoms with E-state index in [9.17, 15) is 0 Å². The fourth-order valence-electron chi connectivity index (χ4n) is 2.19. The third-order valence-electron chi connectivity index (χ3n) is 3.38. The summed E-state index contributed by atoms with van der Waals surface area (Å²) in [4.78, 5) is 0.523. The first-order valence-corrected chi connectivity index (χ1v) is 7.93. The normalized spacial score (nSPS) is 15.3. The summed E-state index contributed by atoms with van der Waals surface area (Å²) in [7, 11) is 2.04. The van der Waals surface area contributed by atoms with Crippen LogP contribution in [0.2, 0.25) is 0 Å². The van der Waals surface area contributed by atoms with Crippen molar-refractivity contribution in [3.8, 4) is 0 Å². The molecule has 0 saturated heterocycles. The maximum atomic E-state index is 4.55. The fourth-order valence-corrected chi connectivity index (χ4v) is 3.77. The molecule has 1 aromatic rings. The van der Waals surface area contributed by atoms with E-state index in [4.69, 9.17) is 0 Å². The average molecular weight is 366 g/mol. The van der Waals surface area contributed by atoms with E-state index >= 15 is 0 Å². The van der Waals surface area contributed by atoms with Crippen molar-refractivity contribution < 1.29 is 0 Å². The van der Waals surface area contributed by atoms with E-state index in [1.165, 1.54) is 10.2 Å². The number of hydrogen-bond donors (Lipinski definition) is 0. The number of nitrogens with zero attached hydrogens (tertiary/aromatic N) is 2. The predicted molar refractivity (Wildman–Crippen MR) is 80.7 cm³/mol. The molecule has 0 amide bonds. The Morgan fingerprint density at radius 3 is 2.24 bits per heavy atom. The van der Waals surface area contributed by atoms with Crippen molar-refractivity contribution in [1.29, 1.82) is 0 Å². The summed E-state index contributed by atoms with van der Waals surface area (Å²) in [6.45, 7) is 8.94. The minimum Gasteiger partial charge on any atom is -0.271 e. The average Bonchev–Trinajstić information content (AvgIpc) is 2.50. The Kier molecular flexibility index (Phi) is 5.71. The largest absolute Gasteiger partial charge is 0.271 e. The molecule has 17 heavy (non-hydrogen) atoms. The van der Waals surface area contributed by atoms with Gasteiger partial charge in [-0.1, -0.05) is 43.6 Å². The summed E-state index contributed by atoms with van der Waals surface area (Å²) in [6, 6.07) is 0. The molecule has 0 saturated carbocycles. The van der Waals surface area contributed by atoms with E-state index in [2.05, 4.69) is 64.7 Å². The maximum absolute atomic E-state index is 4.55. The Labute approximate surface area is 121 Å². The second-order valence-electron chi connectivity index (χ2n) is 4.97. The zero-order chi connectivity index (χ0) is 13.2. The molecule has 1 rings (SSSR count). The number of alkyl halides is 1. The Hall–Kier alpha value is 0.170. The van der Waals surface area contributed by atoms with Gasteiger partial charge in [-0.25, -0.2) is 0 Å². The van der Waals surface area contributed by atoms with Crippen molar-refractivity contribution in [3.63, 3.8) is 0 Å². The van der Waals surface area contributed by atoms with Crippen LogP contribution in [0.25, 0.3) is 0 Å². The molecule has 0 fully saturated rings. The van der Waals surface area contributed by atoms with E-state index in [0.717, 1.165) is 18.5 Å². The van der Waals surface area contributed by atoms with Crippen molar-refractivity contribution >= 4 is 31.9 Å². The number of rotatable bonds is 5. The van der Waals surface area contributed by atoms with Gasteiger partial charge in [0, 0.05) is 11.9 Å². The van der Waals surface area contributed by atoms with Crippen LogP contribution in [0.5, 0.6) is 0 Å². The Balaban J connectivity index is 2.97. The van der Waals surface area contributed by atoms with E-state index in [-0.39, 0.29) is 0 Å². The van der Waals surface area contributed by atoms with Gasteiger partial charge in [0.15, 0.2) is 0 Å². The maximum Gasteiger partial charge on any atom is 0.0766 e. The first kappa shape index (κ1) is 15.2. The van der Waals surface area contributed by atoms with Crippen LogP contribution in [-0.4, -0.2) is 14.6 Å². The van der Waals surface area contributed by atoms with Gasteiger partial charge in [-0.3, -0.25) is 4.68 Å². The quantitative estimate of drug-likeness (QED) is 0.709. The summed E-state index contributed by atoms with van der Waals surface area (Å²) < 4.78 is 3.22. The SMILES string of the molecule is CCc1nn(C)c(CC(C(C)C)C(C)Br)c1Br. The van der Waals surface area contributed by atoms with Gasteiger partial charge in [0.1, 0.15) is 0 Å². The van der Waals surface area contributed by atoms with E-state index in [0.29, 0.717) is 16.7 Å². The lowest BCUT2D eigenvalue weighted by Gasteiger charge is -2.23. The highest BCUT2D eigenvalue weighted by Crippen LogP contribution is 2.30. The molecule has 0 aliphatic heterocycles. The molecule has 0 aliphatic carbocycles. The Morgan fingerprint density at radius 2 is 1.88 bits per heavy atom. The molecule has 0 aliphatic rings. The van der Waals surface area contributed by atoms with Gasteiger partial charge in [0.25, 0.3) is 0 Å². The van der Waals surface area contributed by atoms with Crippen LogP contribution in [0.3, 0.4) is 0 Å². The van der Waals surface area contributed by atoms with Crippen molar-refractivity contribution in [2.75, 3.05) is 0 Å². The number of aryl methyl sites for hydroxylation is 2. The van der Waals surface area contributed by atoms with Crippen LogP contribution >= 0.6 is 31.9 Å². The summed E-state index contributed by atoms with van der Waals surface area (Å²) in [6.07, 6.45) is 2.04. The highest BCUT2D eigenvalue weighted by atomic mass is 79.9. The van der Waals surface area contributed by atoms with Gasteiger partial charge < -0.3 is 0 Å². The van der Waals surface area contributed by atoms with Gasteiger partial charge in [0.05, 0.1) is 15.9 Å². The highest BCUT2D eigenvalue weighted by molar-refractivity contribution is 9.10. The summed E-state index contributed by atoms with van der Waals surface area (Å²) >= 11 is 7.42. The molecule has 1 aromatic heterocycles. The molecule has 98 valence electrons. The molecule has 0 bridgehead atoms. The lowest BCUT2D eigenvalue weighted by Crippen LogP contribution is -2.21. The summed E-state index contributed by atoms with van der Waals surface area (Å²) in [5.74, 6) is 1.29. The number of aromatic nitrogens is 2.